The van der Waals surface area contributed by atoms with Crippen LogP contribution in [-0.4, -0.2) is 18.2 Å². The highest BCUT2D eigenvalue weighted by Crippen LogP contribution is 2.33. The molecule has 0 unspecified atom stereocenters. The van der Waals surface area contributed by atoms with Gasteiger partial charge in [-0.3, -0.25) is 0 Å². The van der Waals surface area contributed by atoms with Gasteiger partial charge in [0.1, 0.15) is 6.61 Å². The van der Waals surface area contributed by atoms with Gasteiger partial charge in [0.2, 0.25) is 0 Å². The fourth-order valence-corrected chi connectivity index (χ4v) is 2.19. The molecule has 0 aliphatic heterocycles. The zero-order chi connectivity index (χ0) is 13.8. The standard InChI is InChI=1S/C13H13NO4S/c1-17-11-6-10(14)9(13(15)16)5-12(11)18-7-8-3-2-4-19-8/h2-6H,7,14H2,1H3,(H,15,16). The van der Waals surface area contributed by atoms with E-state index < -0.39 is 5.97 Å². The van der Waals surface area contributed by atoms with E-state index in [1.54, 1.807) is 11.3 Å². The van der Waals surface area contributed by atoms with E-state index >= 15 is 0 Å². The Balaban J connectivity index is 2.26. The van der Waals surface area contributed by atoms with Crippen LogP contribution in [-0.2, 0) is 6.61 Å². The molecule has 0 aliphatic carbocycles. The van der Waals surface area contributed by atoms with E-state index in [0.29, 0.717) is 18.1 Å². The van der Waals surface area contributed by atoms with E-state index in [2.05, 4.69) is 0 Å². The largest absolute Gasteiger partial charge is 0.493 e. The summed E-state index contributed by atoms with van der Waals surface area (Å²) in [4.78, 5) is 12.1. The van der Waals surface area contributed by atoms with E-state index in [1.807, 2.05) is 17.5 Å². The van der Waals surface area contributed by atoms with Crippen LogP contribution in [0.15, 0.2) is 29.6 Å². The predicted octanol–water partition coefficient (Wildman–Crippen LogP) is 2.62. The highest BCUT2D eigenvalue weighted by atomic mass is 32.1. The normalized spacial score (nSPS) is 10.2. The van der Waals surface area contributed by atoms with Crippen LogP contribution in [0.25, 0.3) is 0 Å². The Hall–Kier alpha value is -2.21. The van der Waals surface area contributed by atoms with E-state index in [9.17, 15) is 4.79 Å². The van der Waals surface area contributed by atoms with Crippen LogP contribution in [0.4, 0.5) is 5.69 Å². The quantitative estimate of drug-likeness (QED) is 0.822. The van der Waals surface area contributed by atoms with Crippen molar-refractivity contribution in [3.8, 4) is 11.5 Å². The third-order valence-corrected chi connectivity index (χ3v) is 3.37. The van der Waals surface area contributed by atoms with Crippen molar-refractivity contribution in [1.29, 1.82) is 0 Å². The molecule has 0 radical (unpaired) electrons. The number of benzene rings is 1. The summed E-state index contributed by atoms with van der Waals surface area (Å²) in [6.07, 6.45) is 0. The molecule has 0 saturated heterocycles. The number of ether oxygens (including phenoxy) is 2. The summed E-state index contributed by atoms with van der Waals surface area (Å²) in [6.45, 7) is 0.358. The first-order chi connectivity index (χ1) is 9.11. The van der Waals surface area contributed by atoms with Crippen LogP contribution in [0, 0.1) is 0 Å². The summed E-state index contributed by atoms with van der Waals surface area (Å²) in [5.74, 6) is -0.317. The van der Waals surface area contributed by atoms with Crippen molar-refractivity contribution >= 4 is 23.0 Å². The molecule has 2 rings (SSSR count). The molecular formula is C13H13NO4S. The van der Waals surface area contributed by atoms with Crippen LogP contribution in [0.5, 0.6) is 11.5 Å². The number of aromatic carboxylic acids is 1. The fourth-order valence-electron chi connectivity index (χ4n) is 1.58. The molecule has 0 bridgehead atoms. The summed E-state index contributed by atoms with van der Waals surface area (Å²) >= 11 is 1.56. The van der Waals surface area contributed by atoms with Gasteiger partial charge in [-0.25, -0.2) is 4.79 Å². The number of anilines is 1. The van der Waals surface area contributed by atoms with Crippen LogP contribution in [0.2, 0.25) is 0 Å². The highest BCUT2D eigenvalue weighted by molar-refractivity contribution is 7.09. The van der Waals surface area contributed by atoms with Gasteiger partial charge in [0.15, 0.2) is 11.5 Å². The molecule has 0 saturated carbocycles. The van der Waals surface area contributed by atoms with E-state index in [4.69, 9.17) is 20.3 Å². The molecule has 1 aromatic carbocycles. The zero-order valence-electron chi connectivity index (χ0n) is 10.3. The Morgan fingerprint density at radius 2 is 2.21 bits per heavy atom. The number of carboxylic acids is 1. The predicted molar refractivity (Wildman–Crippen MR) is 73.0 cm³/mol. The smallest absolute Gasteiger partial charge is 0.337 e. The van der Waals surface area contributed by atoms with Crippen molar-refractivity contribution < 1.29 is 19.4 Å². The van der Waals surface area contributed by atoms with Crippen LogP contribution in [0.1, 0.15) is 15.2 Å². The first-order valence-corrected chi connectivity index (χ1v) is 6.35. The van der Waals surface area contributed by atoms with Crippen molar-refractivity contribution in [2.75, 3.05) is 12.8 Å². The van der Waals surface area contributed by atoms with Gasteiger partial charge in [0, 0.05) is 17.0 Å². The number of carboxylic acid groups (broad SMARTS) is 1. The maximum atomic E-state index is 11.0. The van der Waals surface area contributed by atoms with Gasteiger partial charge in [-0.05, 0) is 11.4 Å². The Bertz CT molecular complexity index is 581. The zero-order valence-corrected chi connectivity index (χ0v) is 11.1. The topological polar surface area (TPSA) is 81.8 Å². The molecular weight excluding hydrogens is 266 g/mol. The summed E-state index contributed by atoms with van der Waals surface area (Å²) in [7, 11) is 1.48. The average molecular weight is 279 g/mol. The number of rotatable bonds is 5. The monoisotopic (exact) mass is 279 g/mol. The van der Waals surface area contributed by atoms with Gasteiger partial charge < -0.3 is 20.3 Å². The summed E-state index contributed by atoms with van der Waals surface area (Å²) in [5.41, 5.74) is 5.79. The molecule has 3 N–H and O–H groups in total. The van der Waals surface area contributed by atoms with Gasteiger partial charge in [-0.2, -0.15) is 0 Å². The number of thiophene rings is 1. The van der Waals surface area contributed by atoms with Crippen molar-refractivity contribution in [1.82, 2.24) is 0 Å². The fraction of sp³-hybridized carbons (Fsp3) is 0.154. The maximum absolute atomic E-state index is 11.0. The second-order valence-electron chi connectivity index (χ2n) is 3.76. The van der Waals surface area contributed by atoms with Gasteiger partial charge >= 0.3 is 5.97 Å². The number of nitrogen functional groups attached to an aromatic ring is 1. The first-order valence-electron chi connectivity index (χ1n) is 5.47. The molecule has 0 fully saturated rings. The van der Waals surface area contributed by atoms with Gasteiger partial charge in [-0.15, -0.1) is 11.3 Å². The number of hydrogen-bond donors (Lipinski definition) is 2. The third kappa shape index (κ3) is 2.97. The number of carbonyl (C=O) groups is 1. The summed E-state index contributed by atoms with van der Waals surface area (Å²) < 4.78 is 10.7. The molecule has 0 atom stereocenters. The maximum Gasteiger partial charge on any atom is 0.337 e. The molecule has 19 heavy (non-hydrogen) atoms. The van der Waals surface area contributed by atoms with Gasteiger partial charge in [-0.1, -0.05) is 6.07 Å². The Morgan fingerprint density at radius 1 is 1.42 bits per heavy atom. The molecule has 0 amide bonds. The first kappa shape index (κ1) is 13.2. The lowest BCUT2D eigenvalue weighted by atomic mass is 10.1. The third-order valence-electron chi connectivity index (χ3n) is 2.52. The lowest BCUT2D eigenvalue weighted by Crippen LogP contribution is -2.05. The summed E-state index contributed by atoms with van der Waals surface area (Å²) in [6, 6.07) is 6.69. The molecule has 6 heteroatoms. The molecule has 1 heterocycles. The minimum Gasteiger partial charge on any atom is -0.493 e. The minimum atomic E-state index is -1.10. The Kier molecular flexibility index (Phi) is 3.91. The van der Waals surface area contributed by atoms with Crippen LogP contribution >= 0.6 is 11.3 Å². The molecule has 1 aromatic heterocycles. The van der Waals surface area contributed by atoms with Crippen LogP contribution < -0.4 is 15.2 Å². The van der Waals surface area contributed by atoms with Gasteiger partial charge in [0.25, 0.3) is 0 Å². The molecule has 0 spiro atoms. The number of methoxy groups -OCH3 is 1. The highest BCUT2D eigenvalue weighted by Gasteiger charge is 2.14. The summed E-state index contributed by atoms with van der Waals surface area (Å²) in [5, 5.41) is 11.0. The van der Waals surface area contributed by atoms with Crippen molar-refractivity contribution in [3.05, 3.63) is 40.1 Å². The van der Waals surface area contributed by atoms with Gasteiger partial charge in [0.05, 0.1) is 18.4 Å². The second-order valence-corrected chi connectivity index (χ2v) is 4.80. The van der Waals surface area contributed by atoms with Crippen molar-refractivity contribution in [2.24, 2.45) is 0 Å². The van der Waals surface area contributed by atoms with Crippen molar-refractivity contribution in [2.45, 2.75) is 6.61 Å². The lowest BCUT2D eigenvalue weighted by Gasteiger charge is -2.12. The molecule has 100 valence electrons. The SMILES string of the molecule is COc1cc(N)c(C(=O)O)cc1OCc1cccs1. The van der Waals surface area contributed by atoms with E-state index in [0.717, 1.165) is 4.88 Å². The van der Waals surface area contributed by atoms with Crippen LogP contribution in [0.3, 0.4) is 0 Å². The average Bonchev–Trinajstić information content (AvgIpc) is 2.89. The Labute approximate surface area is 114 Å². The van der Waals surface area contributed by atoms with Crippen molar-refractivity contribution in [3.63, 3.8) is 0 Å². The number of nitrogens with two attached hydrogens (primary N) is 1. The molecule has 2 aromatic rings. The van der Waals surface area contributed by atoms with E-state index in [-0.39, 0.29) is 11.3 Å². The molecule has 0 aliphatic rings. The molecule has 5 nitrogen and oxygen atoms in total. The Morgan fingerprint density at radius 3 is 2.79 bits per heavy atom. The second kappa shape index (κ2) is 5.62. The minimum absolute atomic E-state index is 0.00183. The lowest BCUT2D eigenvalue weighted by molar-refractivity contribution is 0.0697. The number of hydrogen-bond acceptors (Lipinski definition) is 5. The van der Waals surface area contributed by atoms with E-state index in [1.165, 1.54) is 19.2 Å².